The molecule has 0 bridgehead atoms. The van der Waals surface area contributed by atoms with Gasteiger partial charge in [-0.05, 0) is 13.3 Å². The maximum atomic E-state index is 13.3. The van der Waals surface area contributed by atoms with E-state index < -0.39 is 51.6 Å². The van der Waals surface area contributed by atoms with Gasteiger partial charge in [-0.3, -0.25) is 4.21 Å². The van der Waals surface area contributed by atoms with Gasteiger partial charge < -0.3 is 5.32 Å². The highest BCUT2D eigenvalue weighted by molar-refractivity contribution is 7.84. The van der Waals surface area contributed by atoms with Crippen molar-refractivity contribution >= 4 is 16.5 Å². The molecule has 2 nitrogen and oxygen atoms in total. The highest BCUT2D eigenvalue weighted by Gasteiger charge is 2.26. The van der Waals surface area contributed by atoms with Crippen molar-refractivity contribution in [3.05, 3.63) is 29.1 Å². The average Bonchev–Trinajstić information content (AvgIpc) is 2.36. The summed E-state index contributed by atoms with van der Waals surface area (Å²) in [6.45, 7) is 1.49. The first-order valence-electron chi connectivity index (χ1n) is 5.33. The molecule has 0 radical (unpaired) electrons. The zero-order valence-corrected chi connectivity index (χ0v) is 11.0. The van der Waals surface area contributed by atoms with Gasteiger partial charge >= 0.3 is 0 Å². The predicted octanol–water partition coefficient (Wildman–Crippen LogP) is 2.95. The average molecular weight is 301 g/mol. The van der Waals surface area contributed by atoms with Crippen molar-refractivity contribution in [1.29, 1.82) is 0 Å². The van der Waals surface area contributed by atoms with Crippen LogP contribution < -0.4 is 5.32 Å². The molecule has 0 amide bonds. The van der Waals surface area contributed by atoms with Crippen LogP contribution in [0, 0.1) is 29.1 Å². The Balaban J connectivity index is 2.98. The number of rotatable bonds is 5. The van der Waals surface area contributed by atoms with E-state index in [-0.39, 0.29) is 12.2 Å². The van der Waals surface area contributed by atoms with Crippen molar-refractivity contribution in [2.24, 2.45) is 0 Å². The summed E-state index contributed by atoms with van der Waals surface area (Å²) >= 11 is 0. The van der Waals surface area contributed by atoms with Gasteiger partial charge in [-0.25, -0.2) is 22.0 Å². The molecule has 8 heteroatoms. The van der Waals surface area contributed by atoms with Crippen LogP contribution in [0.15, 0.2) is 0 Å². The quantitative estimate of drug-likeness (QED) is 0.515. The SMILES string of the molecule is CC(CCS(C)=O)Nc1c(F)c(F)c(F)c(F)c1F. The van der Waals surface area contributed by atoms with Crippen molar-refractivity contribution in [1.82, 2.24) is 0 Å². The second kappa shape index (κ2) is 6.31. The van der Waals surface area contributed by atoms with Crippen LogP contribution in [0.3, 0.4) is 0 Å². The van der Waals surface area contributed by atoms with E-state index in [1.165, 1.54) is 13.2 Å². The normalized spacial score (nSPS) is 14.3. The minimum atomic E-state index is -2.19. The maximum Gasteiger partial charge on any atom is 0.200 e. The zero-order chi connectivity index (χ0) is 14.7. The Bertz CT molecular complexity index is 479. The molecule has 0 aliphatic rings. The van der Waals surface area contributed by atoms with E-state index >= 15 is 0 Å². The van der Waals surface area contributed by atoms with Crippen LogP contribution in [0.1, 0.15) is 13.3 Å². The molecule has 19 heavy (non-hydrogen) atoms. The highest BCUT2D eigenvalue weighted by Crippen LogP contribution is 2.27. The molecule has 1 N–H and O–H groups in total. The number of halogens is 5. The van der Waals surface area contributed by atoms with Crippen molar-refractivity contribution in [3.63, 3.8) is 0 Å². The molecule has 1 aromatic carbocycles. The van der Waals surface area contributed by atoms with Crippen molar-refractivity contribution < 1.29 is 26.2 Å². The Morgan fingerprint density at radius 1 is 1.00 bits per heavy atom. The predicted molar refractivity (Wildman–Crippen MR) is 62.9 cm³/mol. The number of benzene rings is 1. The molecule has 0 spiro atoms. The minimum Gasteiger partial charge on any atom is -0.378 e. The largest absolute Gasteiger partial charge is 0.378 e. The maximum absolute atomic E-state index is 13.3. The molecule has 1 rings (SSSR count). The van der Waals surface area contributed by atoms with Crippen molar-refractivity contribution in [3.8, 4) is 0 Å². The van der Waals surface area contributed by atoms with Crippen molar-refractivity contribution in [2.45, 2.75) is 19.4 Å². The number of hydrogen-bond donors (Lipinski definition) is 1. The van der Waals surface area contributed by atoms with Gasteiger partial charge in [-0.15, -0.1) is 0 Å². The topological polar surface area (TPSA) is 29.1 Å². The molecular weight excluding hydrogens is 289 g/mol. The molecule has 0 heterocycles. The Morgan fingerprint density at radius 3 is 1.84 bits per heavy atom. The van der Waals surface area contributed by atoms with Crippen molar-refractivity contribution in [2.75, 3.05) is 17.3 Å². The summed E-state index contributed by atoms with van der Waals surface area (Å²) in [4.78, 5) is 0. The van der Waals surface area contributed by atoms with Crippen LogP contribution in [-0.4, -0.2) is 22.3 Å². The van der Waals surface area contributed by atoms with Gasteiger partial charge in [0, 0.05) is 28.9 Å². The Kier molecular flexibility index (Phi) is 5.28. The first kappa shape index (κ1) is 15.9. The third-order valence-electron chi connectivity index (χ3n) is 2.44. The van der Waals surface area contributed by atoms with Crippen LogP contribution in [-0.2, 0) is 10.8 Å². The summed E-state index contributed by atoms with van der Waals surface area (Å²) in [5.41, 5.74) is -1.06. The first-order chi connectivity index (χ1) is 8.75. The Labute approximate surface area is 109 Å². The van der Waals surface area contributed by atoms with Gasteiger partial charge in [0.15, 0.2) is 23.3 Å². The van der Waals surface area contributed by atoms with Gasteiger partial charge in [0.05, 0.1) is 0 Å². The third kappa shape index (κ3) is 3.65. The van der Waals surface area contributed by atoms with E-state index in [0.717, 1.165) is 0 Å². The molecule has 0 saturated carbocycles. The molecule has 1 aromatic rings. The molecular formula is C11H12F5NOS. The fourth-order valence-corrected chi connectivity index (χ4v) is 2.08. The van der Waals surface area contributed by atoms with E-state index in [2.05, 4.69) is 5.32 Å². The summed E-state index contributed by atoms with van der Waals surface area (Å²) in [6.07, 6.45) is 1.72. The molecule has 0 aliphatic heterocycles. The van der Waals surface area contributed by atoms with E-state index in [9.17, 15) is 26.2 Å². The number of hydrogen-bond acceptors (Lipinski definition) is 2. The van der Waals surface area contributed by atoms with E-state index in [1.807, 2.05) is 0 Å². The van der Waals surface area contributed by atoms with E-state index in [1.54, 1.807) is 0 Å². The lowest BCUT2D eigenvalue weighted by Gasteiger charge is -2.16. The number of anilines is 1. The molecule has 2 unspecified atom stereocenters. The molecule has 0 fully saturated rings. The lowest BCUT2D eigenvalue weighted by atomic mass is 10.2. The third-order valence-corrected chi connectivity index (χ3v) is 3.25. The summed E-state index contributed by atoms with van der Waals surface area (Å²) < 4.78 is 76.1. The summed E-state index contributed by atoms with van der Waals surface area (Å²) in [5.74, 6) is -9.73. The molecule has 108 valence electrons. The lowest BCUT2D eigenvalue weighted by Crippen LogP contribution is -2.21. The van der Waals surface area contributed by atoms with E-state index in [4.69, 9.17) is 0 Å². The molecule has 0 saturated heterocycles. The smallest absolute Gasteiger partial charge is 0.200 e. The van der Waals surface area contributed by atoms with Gasteiger partial charge in [-0.1, -0.05) is 0 Å². The van der Waals surface area contributed by atoms with Crippen LogP contribution in [0.25, 0.3) is 0 Å². The minimum absolute atomic E-state index is 0.254. The van der Waals surface area contributed by atoms with Gasteiger partial charge in [0.2, 0.25) is 5.82 Å². The zero-order valence-electron chi connectivity index (χ0n) is 10.2. The highest BCUT2D eigenvalue weighted by atomic mass is 32.2. The van der Waals surface area contributed by atoms with Gasteiger partial charge in [0.1, 0.15) is 5.69 Å². The number of nitrogens with one attached hydrogen (secondary N) is 1. The second-order valence-corrected chi connectivity index (χ2v) is 5.61. The lowest BCUT2D eigenvalue weighted by molar-refractivity contribution is 0.380. The fraction of sp³-hybridized carbons (Fsp3) is 0.455. The summed E-state index contributed by atoms with van der Waals surface area (Å²) in [6, 6.07) is -0.586. The van der Waals surface area contributed by atoms with Crippen LogP contribution >= 0.6 is 0 Å². The van der Waals surface area contributed by atoms with E-state index in [0.29, 0.717) is 0 Å². The second-order valence-electron chi connectivity index (χ2n) is 4.06. The fourth-order valence-electron chi connectivity index (χ4n) is 1.39. The standard InChI is InChI=1S/C11H12F5NOS/c1-5(3-4-19(2)18)17-11-9(15)7(13)6(12)8(14)10(11)16/h5,17H,3-4H2,1-2H3. The van der Waals surface area contributed by atoms with Crippen LogP contribution in [0.4, 0.5) is 27.6 Å². The monoisotopic (exact) mass is 301 g/mol. The first-order valence-corrected chi connectivity index (χ1v) is 7.06. The summed E-state index contributed by atoms with van der Waals surface area (Å²) in [7, 11) is -1.10. The molecule has 0 aromatic heterocycles. The van der Waals surface area contributed by atoms with Gasteiger partial charge in [-0.2, -0.15) is 0 Å². The summed E-state index contributed by atoms with van der Waals surface area (Å²) in [5, 5.41) is 2.21. The molecule has 2 atom stereocenters. The van der Waals surface area contributed by atoms with Gasteiger partial charge in [0.25, 0.3) is 0 Å². The van der Waals surface area contributed by atoms with Crippen LogP contribution in [0.2, 0.25) is 0 Å². The Morgan fingerprint density at radius 2 is 1.42 bits per heavy atom. The van der Waals surface area contributed by atoms with Crippen LogP contribution in [0.5, 0.6) is 0 Å². The Hall–Kier alpha value is -1.18. The molecule has 0 aliphatic carbocycles.